The van der Waals surface area contributed by atoms with Gasteiger partial charge in [-0.1, -0.05) is 6.07 Å². The molecule has 2 aliphatic rings. The van der Waals surface area contributed by atoms with Crippen molar-refractivity contribution < 1.29 is 13.6 Å². The van der Waals surface area contributed by atoms with Crippen LogP contribution < -0.4 is 0 Å². The third-order valence-corrected chi connectivity index (χ3v) is 4.83. The van der Waals surface area contributed by atoms with E-state index in [1.54, 1.807) is 17.0 Å². The number of hydrogen-bond donors (Lipinski definition) is 1. The molecule has 0 radical (unpaired) electrons. The van der Waals surface area contributed by atoms with E-state index in [1.165, 1.54) is 6.07 Å². The number of aromatic nitrogens is 1. The van der Waals surface area contributed by atoms with Gasteiger partial charge in [0.15, 0.2) is 0 Å². The van der Waals surface area contributed by atoms with Crippen molar-refractivity contribution in [1.82, 2.24) is 9.88 Å². The van der Waals surface area contributed by atoms with Gasteiger partial charge in [-0.25, -0.2) is 8.78 Å². The van der Waals surface area contributed by atoms with E-state index < -0.39 is 18.0 Å². The summed E-state index contributed by atoms with van der Waals surface area (Å²) >= 11 is 0. The average Bonchev–Trinajstić information content (AvgIpc) is 2.86. The van der Waals surface area contributed by atoms with Crippen LogP contribution in [0.15, 0.2) is 18.2 Å². The summed E-state index contributed by atoms with van der Waals surface area (Å²) in [6, 6.07) is 4.00. The first-order valence-electron chi connectivity index (χ1n) is 7.35. The first-order valence-corrected chi connectivity index (χ1v) is 7.35. The number of nitrogens with one attached hydrogen (secondary N) is 1. The van der Waals surface area contributed by atoms with Crippen LogP contribution in [-0.4, -0.2) is 21.8 Å². The van der Waals surface area contributed by atoms with Crippen LogP contribution in [0.4, 0.5) is 8.78 Å². The Morgan fingerprint density at radius 3 is 3.00 bits per heavy atom. The smallest absolute Gasteiger partial charge is 0.223 e. The monoisotopic (exact) mass is 290 g/mol. The summed E-state index contributed by atoms with van der Waals surface area (Å²) < 4.78 is 29.2. The van der Waals surface area contributed by atoms with Crippen molar-refractivity contribution in [2.45, 2.75) is 44.4 Å². The fourth-order valence-electron chi connectivity index (χ4n) is 3.90. The van der Waals surface area contributed by atoms with Gasteiger partial charge in [0.25, 0.3) is 0 Å². The van der Waals surface area contributed by atoms with Crippen LogP contribution in [0.3, 0.4) is 0 Å². The fourth-order valence-corrected chi connectivity index (χ4v) is 3.90. The highest BCUT2D eigenvalue weighted by Crippen LogP contribution is 2.47. The Bertz CT molecular complexity index is 739. The van der Waals surface area contributed by atoms with Gasteiger partial charge < -0.3 is 9.88 Å². The van der Waals surface area contributed by atoms with Crippen molar-refractivity contribution in [3.8, 4) is 0 Å². The minimum absolute atomic E-state index is 0.00817. The number of rotatable bonds is 0. The van der Waals surface area contributed by atoms with Crippen LogP contribution in [0.25, 0.3) is 10.9 Å². The van der Waals surface area contributed by atoms with Crippen LogP contribution in [0.2, 0.25) is 0 Å². The SMILES string of the molecule is C[C@@H]1c2[nH]c3cccc(F)c3c2[C@H](F)C2CCCC(=O)N21. The first-order chi connectivity index (χ1) is 10.1. The predicted molar refractivity (Wildman–Crippen MR) is 75.0 cm³/mol. The maximum atomic E-state index is 15.0. The molecule has 1 saturated heterocycles. The molecule has 0 bridgehead atoms. The molecule has 5 heteroatoms. The number of carbonyl (C=O) groups excluding carboxylic acids is 1. The third-order valence-electron chi connectivity index (χ3n) is 4.83. The Labute approximate surface area is 120 Å². The van der Waals surface area contributed by atoms with Crippen molar-refractivity contribution in [2.75, 3.05) is 0 Å². The number of H-pyrrole nitrogens is 1. The molecule has 110 valence electrons. The van der Waals surface area contributed by atoms with E-state index in [0.29, 0.717) is 41.4 Å². The van der Waals surface area contributed by atoms with Gasteiger partial charge in [-0.2, -0.15) is 0 Å². The highest BCUT2D eigenvalue weighted by atomic mass is 19.1. The molecule has 4 rings (SSSR count). The third kappa shape index (κ3) is 1.60. The summed E-state index contributed by atoms with van der Waals surface area (Å²) in [5.41, 5.74) is 1.64. The summed E-state index contributed by atoms with van der Waals surface area (Å²) in [5.74, 6) is -0.415. The second-order valence-corrected chi connectivity index (χ2v) is 5.95. The molecule has 3 atom stereocenters. The van der Waals surface area contributed by atoms with Crippen molar-refractivity contribution in [1.29, 1.82) is 0 Å². The maximum absolute atomic E-state index is 15.0. The van der Waals surface area contributed by atoms with Crippen LogP contribution in [0, 0.1) is 5.82 Å². The number of nitrogens with zero attached hydrogens (tertiary/aromatic N) is 1. The quantitative estimate of drug-likeness (QED) is 0.787. The highest BCUT2D eigenvalue weighted by molar-refractivity contribution is 5.87. The number of amides is 1. The Kier molecular flexibility index (Phi) is 2.62. The Morgan fingerprint density at radius 2 is 2.19 bits per heavy atom. The lowest BCUT2D eigenvalue weighted by molar-refractivity contribution is -0.143. The highest BCUT2D eigenvalue weighted by Gasteiger charge is 2.45. The maximum Gasteiger partial charge on any atom is 0.223 e. The molecule has 0 aliphatic carbocycles. The Balaban J connectivity index is 1.98. The molecule has 1 fully saturated rings. The number of fused-ring (bicyclic) bond motifs is 4. The van der Waals surface area contributed by atoms with Crippen LogP contribution >= 0.6 is 0 Å². The fraction of sp³-hybridized carbons (Fsp3) is 0.438. The summed E-state index contributed by atoms with van der Waals surface area (Å²) in [5, 5.41) is 0.338. The van der Waals surface area contributed by atoms with Crippen LogP contribution in [0.1, 0.15) is 49.7 Å². The van der Waals surface area contributed by atoms with Gasteiger partial charge in [-0.3, -0.25) is 4.79 Å². The Hall–Kier alpha value is -1.91. The number of hydrogen-bond acceptors (Lipinski definition) is 1. The Morgan fingerprint density at radius 1 is 1.38 bits per heavy atom. The topological polar surface area (TPSA) is 36.1 Å². The molecule has 1 aromatic heterocycles. The number of piperidine rings is 1. The number of benzene rings is 1. The first kappa shape index (κ1) is 12.8. The summed E-state index contributed by atoms with van der Waals surface area (Å²) in [7, 11) is 0. The van der Waals surface area contributed by atoms with Gasteiger partial charge in [-0.15, -0.1) is 0 Å². The number of carbonyl (C=O) groups is 1. The molecule has 2 aliphatic heterocycles. The molecule has 2 aromatic rings. The van der Waals surface area contributed by atoms with Gasteiger partial charge in [-0.05, 0) is 31.9 Å². The molecule has 1 aromatic carbocycles. The lowest BCUT2D eigenvalue weighted by Gasteiger charge is -2.45. The summed E-state index contributed by atoms with van der Waals surface area (Å²) in [6.07, 6.45) is 0.480. The van der Waals surface area contributed by atoms with E-state index in [0.717, 1.165) is 0 Å². The van der Waals surface area contributed by atoms with Crippen molar-refractivity contribution in [2.24, 2.45) is 0 Å². The lowest BCUT2D eigenvalue weighted by atomic mass is 9.85. The number of aromatic amines is 1. The molecule has 3 heterocycles. The van der Waals surface area contributed by atoms with Crippen molar-refractivity contribution in [3.05, 3.63) is 35.3 Å². The van der Waals surface area contributed by atoms with E-state index in [-0.39, 0.29) is 11.9 Å². The minimum Gasteiger partial charge on any atom is -0.356 e. The molecule has 0 spiro atoms. The standard InChI is InChI=1S/C16H16F2N2O/c1-8-16-14(13-9(17)4-2-5-10(13)19-16)15(18)11-6-3-7-12(21)20(8)11/h2,4-5,8,11,15,19H,3,6-7H2,1H3/t8-,11?,15-/m1/s1. The van der Waals surface area contributed by atoms with E-state index in [9.17, 15) is 9.18 Å². The van der Waals surface area contributed by atoms with E-state index in [2.05, 4.69) is 4.98 Å². The predicted octanol–water partition coefficient (Wildman–Crippen LogP) is 3.77. The molecule has 3 nitrogen and oxygen atoms in total. The van der Waals surface area contributed by atoms with Gasteiger partial charge in [0, 0.05) is 28.6 Å². The molecule has 0 saturated carbocycles. The lowest BCUT2D eigenvalue weighted by Crippen LogP contribution is -2.50. The number of alkyl halides is 1. The second-order valence-electron chi connectivity index (χ2n) is 5.95. The molecular weight excluding hydrogens is 274 g/mol. The normalized spacial score (nSPS) is 28.6. The number of halogens is 2. The molecule has 1 N–H and O–H groups in total. The van der Waals surface area contributed by atoms with E-state index in [1.807, 2.05) is 6.92 Å². The largest absolute Gasteiger partial charge is 0.356 e. The van der Waals surface area contributed by atoms with Crippen LogP contribution in [0.5, 0.6) is 0 Å². The average molecular weight is 290 g/mol. The zero-order chi connectivity index (χ0) is 14.7. The van der Waals surface area contributed by atoms with E-state index in [4.69, 9.17) is 0 Å². The van der Waals surface area contributed by atoms with Crippen LogP contribution in [-0.2, 0) is 4.79 Å². The summed E-state index contributed by atoms with van der Waals surface area (Å²) in [6.45, 7) is 1.88. The van der Waals surface area contributed by atoms with Gasteiger partial charge in [0.2, 0.25) is 5.91 Å². The zero-order valence-electron chi connectivity index (χ0n) is 11.7. The second kappa shape index (κ2) is 4.29. The molecule has 1 amide bonds. The summed E-state index contributed by atoms with van der Waals surface area (Å²) in [4.78, 5) is 16.9. The van der Waals surface area contributed by atoms with Crippen molar-refractivity contribution >= 4 is 16.8 Å². The molecular formula is C16H16F2N2O. The van der Waals surface area contributed by atoms with E-state index >= 15 is 4.39 Å². The van der Waals surface area contributed by atoms with Gasteiger partial charge in [0.05, 0.1) is 12.1 Å². The zero-order valence-corrected chi connectivity index (χ0v) is 11.7. The molecule has 1 unspecified atom stereocenters. The van der Waals surface area contributed by atoms with Gasteiger partial charge in [0.1, 0.15) is 12.0 Å². The molecule has 21 heavy (non-hydrogen) atoms. The van der Waals surface area contributed by atoms with Gasteiger partial charge >= 0.3 is 0 Å². The minimum atomic E-state index is -1.33. The van der Waals surface area contributed by atoms with Crippen molar-refractivity contribution in [3.63, 3.8) is 0 Å².